The van der Waals surface area contributed by atoms with E-state index in [-0.39, 0.29) is 5.91 Å². The first-order valence-corrected chi connectivity index (χ1v) is 8.61. The molecule has 0 aliphatic heterocycles. The van der Waals surface area contributed by atoms with E-state index in [1.807, 2.05) is 30.3 Å². The molecule has 1 amide bonds. The maximum absolute atomic E-state index is 13.2. The smallest absolute Gasteiger partial charge is 0.242 e. The second kappa shape index (κ2) is 8.55. The molecule has 1 heterocycles. The lowest BCUT2D eigenvalue weighted by Crippen LogP contribution is -2.39. The van der Waals surface area contributed by atoms with Crippen molar-refractivity contribution in [3.05, 3.63) is 71.8 Å². The molecular formula is C20H20F2N4O. The number of nitrogens with one attached hydrogen (secondary N) is 3. The Morgan fingerprint density at radius 1 is 1.11 bits per heavy atom. The van der Waals surface area contributed by atoms with Gasteiger partial charge in [-0.05, 0) is 43.1 Å². The molecule has 0 unspecified atom stereocenters. The second-order valence-electron chi connectivity index (χ2n) is 6.23. The third-order valence-electron chi connectivity index (χ3n) is 4.09. The van der Waals surface area contributed by atoms with Gasteiger partial charge >= 0.3 is 0 Å². The van der Waals surface area contributed by atoms with Gasteiger partial charge in [0.15, 0.2) is 5.82 Å². The maximum atomic E-state index is 13.2. The first-order chi connectivity index (χ1) is 13.0. The molecule has 3 N–H and O–H groups in total. The van der Waals surface area contributed by atoms with Crippen LogP contribution in [0.15, 0.2) is 54.6 Å². The molecule has 0 bridgehead atoms. The minimum atomic E-state index is -0.608. The van der Waals surface area contributed by atoms with Gasteiger partial charge in [0.1, 0.15) is 11.6 Å². The molecule has 1 aromatic heterocycles. The summed E-state index contributed by atoms with van der Waals surface area (Å²) in [5, 5.41) is 12.7. The predicted molar refractivity (Wildman–Crippen MR) is 100 cm³/mol. The summed E-state index contributed by atoms with van der Waals surface area (Å²) in [6.07, 6.45) is 0.410. The van der Waals surface area contributed by atoms with Crippen LogP contribution >= 0.6 is 0 Å². The summed E-state index contributed by atoms with van der Waals surface area (Å²) in [5.74, 6) is -1.03. The average molecular weight is 370 g/mol. The fourth-order valence-electron chi connectivity index (χ4n) is 2.67. The van der Waals surface area contributed by atoms with E-state index in [1.165, 1.54) is 12.1 Å². The molecule has 2 aromatic carbocycles. The number of nitrogens with zero attached hydrogens (tertiary/aromatic N) is 1. The third-order valence-corrected chi connectivity index (χ3v) is 4.09. The molecule has 0 fully saturated rings. The van der Waals surface area contributed by atoms with Gasteiger partial charge in [-0.15, -0.1) is 0 Å². The topological polar surface area (TPSA) is 69.8 Å². The van der Waals surface area contributed by atoms with Gasteiger partial charge in [0.05, 0.1) is 11.7 Å². The number of halogens is 2. The number of carbonyl (C=O) groups excluding carboxylic acids is 1. The number of hydrogen-bond acceptors (Lipinski definition) is 3. The van der Waals surface area contributed by atoms with Crippen molar-refractivity contribution in [1.29, 1.82) is 0 Å². The molecular weight excluding hydrogens is 350 g/mol. The van der Waals surface area contributed by atoms with Crippen molar-refractivity contribution in [2.45, 2.75) is 19.4 Å². The van der Waals surface area contributed by atoms with Crippen LogP contribution in [-0.2, 0) is 11.2 Å². The molecule has 5 nitrogen and oxygen atoms in total. The SMILES string of the molecule is C[C@H](NCCc1cc(F)cc(F)c1)C(=O)Nc1cc(-c2ccccc2)[nH]n1. The number of benzene rings is 2. The molecule has 27 heavy (non-hydrogen) atoms. The Kier molecular flexibility index (Phi) is 5.93. The summed E-state index contributed by atoms with van der Waals surface area (Å²) in [7, 11) is 0. The molecule has 3 aromatic rings. The van der Waals surface area contributed by atoms with Crippen LogP contribution < -0.4 is 10.6 Å². The van der Waals surface area contributed by atoms with E-state index < -0.39 is 17.7 Å². The van der Waals surface area contributed by atoms with Crippen molar-refractivity contribution >= 4 is 11.7 Å². The van der Waals surface area contributed by atoms with Crippen molar-refractivity contribution in [3.8, 4) is 11.3 Å². The number of anilines is 1. The third kappa shape index (κ3) is 5.21. The molecule has 0 radical (unpaired) electrons. The highest BCUT2D eigenvalue weighted by Gasteiger charge is 2.14. The van der Waals surface area contributed by atoms with Crippen LogP contribution in [0.2, 0.25) is 0 Å². The van der Waals surface area contributed by atoms with E-state index in [1.54, 1.807) is 13.0 Å². The highest BCUT2D eigenvalue weighted by molar-refractivity contribution is 5.94. The molecule has 0 saturated heterocycles. The van der Waals surface area contributed by atoms with Crippen molar-refractivity contribution < 1.29 is 13.6 Å². The summed E-state index contributed by atoms with van der Waals surface area (Å²) in [6, 6.07) is 14.3. The lowest BCUT2D eigenvalue weighted by Gasteiger charge is -2.13. The van der Waals surface area contributed by atoms with Gasteiger partial charge in [0.2, 0.25) is 5.91 Å². The van der Waals surface area contributed by atoms with E-state index in [2.05, 4.69) is 20.8 Å². The molecule has 0 spiro atoms. The van der Waals surface area contributed by atoms with E-state index in [0.717, 1.165) is 17.3 Å². The van der Waals surface area contributed by atoms with E-state index in [4.69, 9.17) is 0 Å². The summed E-state index contributed by atoms with van der Waals surface area (Å²) < 4.78 is 26.3. The van der Waals surface area contributed by atoms with E-state index >= 15 is 0 Å². The highest BCUT2D eigenvalue weighted by Crippen LogP contribution is 2.19. The van der Waals surface area contributed by atoms with Gasteiger partial charge in [-0.25, -0.2) is 8.78 Å². The normalized spacial score (nSPS) is 12.0. The fourth-order valence-corrected chi connectivity index (χ4v) is 2.67. The van der Waals surface area contributed by atoms with Crippen LogP contribution in [0.3, 0.4) is 0 Å². The number of amides is 1. The van der Waals surface area contributed by atoms with Crippen molar-refractivity contribution in [3.63, 3.8) is 0 Å². The Morgan fingerprint density at radius 2 is 1.81 bits per heavy atom. The van der Waals surface area contributed by atoms with Crippen LogP contribution in [0.4, 0.5) is 14.6 Å². The van der Waals surface area contributed by atoms with Crippen LogP contribution in [0.5, 0.6) is 0 Å². The molecule has 7 heteroatoms. The zero-order valence-corrected chi connectivity index (χ0v) is 14.8. The van der Waals surface area contributed by atoms with Crippen LogP contribution in [0.1, 0.15) is 12.5 Å². The lowest BCUT2D eigenvalue weighted by molar-refractivity contribution is -0.117. The summed E-state index contributed by atoms with van der Waals surface area (Å²) in [6.45, 7) is 2.12. The highest BCUT2D eigenvalue weighted by atomic mass is 19.1. The van der Waals surface area contributed by atoms with Gasteiger partial charge < -0.3 is 10.6 Å². The average Bonchev–Trinajstić information content (AvgIpc) is 3.10. The largest absolute Gasteiger partial charge is 0.308 e. The standard InChI is InChI=1S/C20H20F2N4O/c1-13(23-8-7-14-9-16(21)11-17(22)10-14)20(27)24-19-12-18(25-26-19)15-5-3-2-4-6-15/h2-6,9-13,23H,7-8H2,1H3,(H2,24,25,26,27)/t13-/m0/s1. The predicted octanol–water partition coefficient (Wildman–Crippen LogP) is 3.51. The molecule has 0 saturated carbocycles. The number of hydrogen-bond donors (Lipinski definition) is 3. The monoisotopic (exact) mass is 370 g/mol. The van der Waals surface area contributed by atoms with Crippen molar-refractivity contribution in [1.82, 2.24) is 15.5 Å². The van der Waals surface area contributed by atoms with Crippen molar-refractivity contribution in [2.24, 2.45) is 0 Å². The molecule has 140 valence electrons. The van der Waals surface area contributed by atoms with Gasteiger partial charge in [0, 0.05) is 12.1 Å². The molecule has 0 aliphatic rings. The van der Waals surface area contributed by atoms with Gasteiger partial charge in [0.25, 0.3) is 0 Å². The zero-order chi connectivity index (χ0) is 19.2. The number of H-pyrrole nitrogens is 1. The zero-order valence-electron chi connectivity index (χ0n) is 14.8. The summed E-state index contributed by atoms with van der Waals surface area (Å²) in [4.78, 5) is 12.3. The number of carbonyl (C=O) groups is 1. The second-order valence-corrected chi connectivity index (χ2v) is 6.23. The number of rotatable bonds is 7. The fraction of sp³-hybridized carbons (Fsp3) is 0.200. The van der Waals surface area contributed by atoms with Crippen molar-refractivity contribution in [2.75, 3.05) is 11.9 Å². The summed E-state index contributed by atoms with van der Waals surface area (Å²) in [5.41, 5.74) is 2.31. The van der Waals surface area contributed by atoms with E-state index in [0.29, 0.717) is 24.3 Å². The number of aromatic amines is 1. The van der Waals surface area contributed by atoms with Crippen LogP contribution in [-0.4, -0.2) is 28.7 Å². The first-order valence-electron chi connectivity index (χ1n) is 8.61. The summed E-state index contributed by atoms with van der Waals surface area (Å²) >= 11 is 0. The Labute approximate surface area is 155 Å². The number of aromatic nitrogens is 2. The quantitative estimate of drug-likeness (QED) is 0.596. The first kappa shape index (κ1) is 18.7. The Morgan fingerprint density at radius 3 is 2.52 bits per heavy atom. The maximum Gasteiger partial charge on any atom is 0.242 e. The van der Waals surface area contributed by atoms with Gasteiger partial charge in [-0.3, -0.25) is 9.89 Å². The van der Waals surface area contributed by atoms with Crippen LogP contribution in [0.25, 0.3) is 11.3 Å². The van der Waals surface area contributed by atoms with Gasteiger partial charge in [-0.1, -0.05) is 30.3 Å². The van der Waals surface area contributed by atoms with E-state index in [9.17, 15) is 13.6 Å². The molecule has 3 rings (SSSR count). The Hall–Kier alpha value is -3.06. The van der Waals surface area contributed by atoms with Crippen LogP contribution in [0, 0.1) is 11.6 Å². The molecule has 1 atom stereocenters. The molecule has 0 aliphatic carbocycles. The Bertz CT molecular complexity index is 891. The van der Waals surface area contributed by atoms with Gasteiger partial charge in [-0.2, -0.15) is 5.10 Å². The minimum absolute atomic E-state index is 0.244. The Balaban J connectivity index is 1.50. The lowest BCUT2D eigenvalue weighted by atomic mass is 10.1. The minimum Gasteiger partial charge on any atom is -0.308 e.